The monoisotopic (exact) mass is 493 g/mol. The molecule has 0 bridgehead atoms. The smallest absolute Gasteiger partial charge is 0.423 e. The molecule has 1 rings (SSSR count). The molecule has 0 saturated carbocycles. The standard InChI is InChI=1S/C27H50BN2O3S/c1-29(2)26(16-14-21-30(3,4)5)15-12-10-8-6-7-9-11-13-22-34-23-27(31)24-17-19-25(20-18-24)28(32)33/h17-20,26,32-33H,6-16,21-23H2,1-5H3/q+1. The minimum absolute atomic E-state index is 0.105. The fourth-order valence-electron chi connectivity index (χ4n) is 4.20. The molecule has 0 spiro atoms. The number of carbonyl (C=O) groups excluding carboxylic acids is 1. The number of nitrogens with zero attached hydrogens (tertiary/aromatic N) is 2. The van der Waals surface area contributed by atoms with E-state index in [9.17, 15) is 4.79 Å². The molecule has 0 saturated heterocycles. The summed E-state index contributed by atoms with van der Waals surface area (Å²) in [5.41, 5.74) is 1.05. The number of rotatable bonds is 20. The van der Waals surface area contributed by atoms with Crippen molar-refractivity contribution in [3.63, 3.8) is 0 Å². The molecule has 0 aliphatic rings. The molecule has 0 radical (unpaired) electrons. The average molecular weight is 494 g/mol. The van der Waals surface area contributed by atoms with Gasteiger partial charge in [-0.05, 0) is 51.0 Å². The van der Waals surface area contributed by atoms with Crippen LogP contribution in [0.3, 0.4) is 0 Å². The highest BCUT2D eigenvalue weighted by Gasteiger charge is 2.14. The molecular formula is C27H50BN2O3S+. The summed E-state index contributed by atoms with van der Waals surface area (Å²) in [5, 5.41) is 18.2. The lowest BCUT2D eigenvalue weighted by atomic mass is 9.80. The van der Waals surface area contributed by atoms with E-state index in [2.05, 4.69) is 40.1 Å². The largest absolute Gasteiger partial charge is 0.488 e. The molecule has 34 heavy (non-hydrogen) atoms. The summed E-state index contributed by atoms with van der Waals surface area (Å²) in [6.45, 7) is 1.25. The van der Waals surface area contributed by atoms with Crippen LogP contribution in [-0.4, -0.2) is 91.7 Å². The lowest BCUT2D eigenvalue weighted by molar-refractivity contribution is -0.870. The lowest BCUT2D eigenvalue weighted by Crippen LogP contribution is -2.36. The first-order valence-electron chi connectivity index (χ1n) is 13.1. The molecular weight excluding hydrogens is 443 g/mol. The number of hydrogen-bond acceptors (Lipinski definition) is 5. The lowest BCUT2D eigenvalue weighted by Gasteiger charge is -2.28. The fourth-order valence-corrected chi connectivity index (χ4v) is 5.10. The molecule has 1 aromatic carbocycles. The van der Waals surface area contributed by atoms with Gasteiger partial charge in [0, 0.05) is 11.6 Å². The van der Waals surface area contributed by atoms with Crippen molar-refractivity contribution in [2.75, 3.05) is 53.3 Å². The Morgan fingerprint density at radius 3 is 1.94 bits per heavy atom. The van der Waals surface area contributed by atoms with Crippen molar-refractivity contribution < 1.29 is 19.3 Å². The van der Waals surface area contributed by atoms with E-state index in [0.29, 0.717) is 16.8 Å². The third kappa shape index (κ3) is 15.2. The van der Waals surface area contributed by atoms with Gasteiger partial charge in [0.2, 0.25) is 0 Å². The molecule has 0 aromatic heterocycles. The summed E-state index contributed by atoms with van der Waals surface area (Å²) in [5.74, 6) is 1.62. The molecule has 194 valence electrons. The summed E-state index contributed by atoms with van der Waals surface area (Å²) in [6, 6.07) is 7.26. The maximum atomic E-state index is 12.2. The first-order valence-corrected chi connectivity index (χ1v) is 14.3. The molecule has 2 N–H and O–H groups in total. The van der Waals surface area contributed by atoms with Gasteiger partial charge in [0.1, 0.15) is 0 Å². The van der Waals surface area contributed by atoms with E-state index >= 15 is 0 Å². The summed E-state index contributed by atoms with van der Waals surface area (Å²) >= 11 is 1.70. The third-order valence-corrected chi connectivity index (χ3v) is 7.48. The van der Waals surface area contributed by atoms with Crippen molar-refractivity contribution in [2.24, 2.45) is 0 Å². The van der Waals surface area contributed by atoms with Gasteiger partial charge in [-0.25, -0.2) is 0 Å². The van der Waals surface area contributed by atoms with Crippen LogP contribution in [0.25, 0.3) is 0 Å². The van der Waals surface area contributed by atoms with Gasteiger partial charge in [-0.3, -0.25) is 4.79 Å². The zero-order valence-electron chi connectivity index (χ0n) is 22.5. The molecule has 1 aromatic rings. The van der Waals surface area contributed by atoms with Gasteiger partial charge in [-0.2, -0.15) is 11.8 Å². The van der Waals surface area contributed by atoms with E-state index in [1.807, 2.05) is 0 Å². The molecule has 0 fully saturated rings. The number of thioether (sulfide) groups is 1. The molecule has 1 unspecified atom stereocenters. The first kappa shape index (κ1) is 31.2. The van der Waals surface area contributed by atoms with Crippen molar-refractivity contribution in [2.45, 2.75) is 76.7 Å². The second-order valence-electron chi connectivity index (χ2n) is 10.9. The van der Waals surface area contributed by atoms with Crippen LogP contribution in [-0.2, 0) is 0 Å². The van der Waals surface area contributed by atoms with Crippen molar-refractivity contribution in [1.82, 2.24) is 4.90 Å². The van der Waals surface area contributed by atoms with E-state index in [0.717, 1.165) is 16.3 Å². The van der Waals surface area contributed by atoms with Crippen LogP contribution in [0.15, 0.2) is 24.3 Å². The van der Waals surface area contributed by atoms with E-state index < -0.39 is 7.12 Å². The average Bonchev–Trinajstić information content (AvgIpc) is 2.77. The maximum Gasteiger partial charge on any atom is 0.488 e. The number of benzene rings is 1. The predicted octanol–water partition coefficient (Wildman–Crippen LogP) is 4.21. The van der Waals surface area contributed by atoms with E-state index in [-0.39, 0.29) is 5.78 Å². The highest BCUT2D eigenvalue weighted by molar-refractivity contribution is 7.99. The van der Waals surface area contributed by atoms with Crippen LogP contribution in [0, 0.1) is 0 Å². The SMILES string of the molecule is CN(C)C(CCCCCCCCCCSCC(=O)c1ccc(B(O)O)cc1)CCC[N+](C)(C)C. The second-order valence-corrected chi connectivity index (χ2v) is 12.0. The normalized spacial score (nSPS) is 12.8. The number of hydrogen-bond donors (Lipinski definition) is 2. The zero-order chi connectivity index (χ0) is 25.4. The molecule has 7 heteroatoms. The van der Waals surface area contributed by atoms with Crippen LogP contribution in [0.1, 0.15) is 81.0 Å². The quantitative estimate of drug-likeness (QED) is 0.123. The Kier molecular flexibility index (Phi) is 16.1. The van der Waals surface area contributed by atoms with Crippen molar-refractivity contribution in [3.05, 3.63) is 29.8 Å². The Morgan fingerprint density at radius 1 is 0.882 bits per heavy atom. The molecule has 5 nitrogen and oxygen atoms in total. The Hall–Kier alpha value is -0.855. The highest BCUT2D eigenvalue weighted by Crippen LogP contribution is 2.16. The minimum atomic E-state index is -1.48. The fraction of sp³-hybridized carbons (Fsp3) is 0.741. The van der Waals surface area contributed by atoms with Crippen molar-refractivity contribution in [3.8, 4) is 0 Å². The van der Waals surface area contributed by atoms with E-state index in [1.54, 1.807) is 36.0 Å². The summed E-state index contributed by atoms with van der Waals surface area (Å²) in [6.07, 6.45) is 14.4. The molecule has 0 aliphatic heterocycles. The van der Waals surface area contributed by atoms with Gasteiger partial charge in [-0.15, -0.1) is 0 Å². The summed E-state index contributed by atoms with van der Waals surface area (Å²) in [4.78, 5) is 14.6. The number of quaternary nitrogens is 1. The van der Waals surface area contributed by atoms with Crippen LogP contribution >= 0.6 is 11.8 Å². The van der Waals surface area contributed by atoms with Crippen LogP contribution in [0.4, 0.5) is 0 Å². The van der Waals surface area contributed by atoms with Crippen molar-refractivity contribution >= 4 is 30.1 Å². The van der Waals surface area contributed by atoms with Gasteiger partial charge < -0.3 is 19.4 Å². The Morgan fingerprint density at radius 2 is 1.41 bits per heavy atom. The number of Topliss-reactive ketones (excluding diaryl/α,β-unsaturated/α-hetero) is 1. The third-order valence-electron chi connectivity index (χ3n) is 6.44. The van der Waals surface area contributed by atoms with Gasteiger partial charge in [0.05, 0.1) is 33.4 Å². The molecule has 0 aliphatic carbocycles. The van der Waals surface area contributed by atoms with Crippen LogP contribution in [0.5, 0.6) is 0 Å². The Bertz CT molecular complexity index is 663. The molecule has 0 heterocycles. The number of carbonyl (C=O) groups is 1. The molecule has 1 atom stereocenters. The second kappa shape index (κ2) is 17.6. The highest BCUT2D eigenvalue weighted by atomic mass is 32.2. The van der Waals surface area contributed by atoms with Gasteiger partial charge in [0.25, 0.3) is 0 Å². The topological polar surface area (TPSA) is 60.8 Å². The minimum Gasteiger partial charge on any atom is -0.423 e. The van der Waals surface area contributed by atoms with Gasteiger partial charge >= 0.3 is 7.12 Å². The summed E-state index contributed by atoms with van der Waals surface area (Å²) in [7, 11) is 9.80. The maximum absolute atomic E-state index is 12.2. The van der Waals surface area contributed by atoms with Crippen molar-refractivity contribution in [1.29, 1.82) is 0 Å². The van der Waals surface area contributed by atoms with E-state index in [1.165, 1.54) is 77.2 Å². The van der Waals surface area contributed by atoms with Crippen LogP contribution in [0.2, 0.25) is 0 Å². The van der Waals surface area contributed by atoms with Gasteiger partial charge in [-0.1, -0.05) is 69.2 Å². The van der Waals surface area contributed by atoms with Gasteiger partial charge in [0.15, 0.2) is 5.78 Å². The number of ketones is 1. The first-order chi connectivity index (χ1) is 16.1. The number of unbranched alkanes of at least 4 members (excludes halogenated alkanes) is 7. The summed E-state index contributed by atoms with van der Waals surface area (Å²) < 4.78 is 1.06. The Labute approximate surface area is 214 Å². The van der Waals surface area contributed by atoms with E-state index in [4.69, 9.17) is 10.0 Å². The predicted molar refractivity (Wildman–Crippen MR) is 149 cm³/mol. The molecule has 0 amide bonds. The van der Waals surface area contributed by atoms with Crippen LogP contribution < -0.4 is 5.46 Å². The zero-order valence-corrected chi connectivity index (χ0v) is 23.3. The Balaban J connectivity index is 1.98.